The van der Waals surface area contributed by atoms with Crippen LogP contribution in [0.25, 0.3) is 0 Å². The van der Waals surface area contributed by atoms with Crippen LogP contribution in [0.1, 0.15) is 92.8 Å². The fourth-order valence-electron chi connectivity index (χ4n) is 2.56. The van der Waals surface area contributed by atoms with E-state index in [4.69, 9.17) is 5.11 Å². The van der Waals surface area contributed by atoms with E-state index < -0.39 is 12.0 Å². The van der Waals surface area contributed by atoms with E-state index in [9.17, 15) is 9.59 Å². The monoisotopic (exact) mass is 337 g/mol. The molecule has 23 heavy (non-hydrogen) atoms. The number of hydrogen-bond donors (Lipinski definition) is 2. The molecule has 0 spiro atoms. The van der Waals surface area contributed by atoms with Crippen molar-refractivity contribution in [2.75, 3.05) is 0 Å². The van der Waals surface area contributed by atoms with Crippen LogP contribution in [-0.4, -0.2) is 23.0 Å². The first-order valence-corrected chi connectivity index (χ1v) is 8.99. The van der Waals surface area contributed by atoms with Gasteiger partial charge in [-0.1, -0.05) is 72.1 Å². The van der Waals surface area contributed by atoms with Gasteiger partial charge in [-0.2, -0.15) is 0 Å². The first-order chi connectivity index (χ1) is 10.5. The normalized spacial score (nSPS) is 11.8. The van der Waals surface area contributed by atoms with Gasteiger partial charge in [-0.25, -0.2) is 4.79 Å². The van der Waals surface area contributed by atoms with Gasteiger partial charge < -0.3 is 11.8 Å². The van der Waals surface area contributed by atoms with E-state index in [0.717, 1.165) is 12.8 Å². The van der Waals surface area contributed by atoms with E-state index in [1.54, 1.807) is 0 Å². The summed E-state index contributed by atoms with van der Waals surface area (Å²) in [6.07, 6.45) is 11.8. The predicted molar refractivity (Wildman–Crippen MR) is 92.0 cm³/mol. The molecule has 0 fully saturated rings. The molecule has 0 aliphatic rings. The summed E-state index contributed by atoms with van der Waals surface area (Å²) in [5.74, 6) is -0.806. The topological polar surface area (TPSA) is 66.4 Å². The van der Waals surface area contributed by atoms with Gasteiger partial charge in [-0.05, 0) is 18.8 Å². The quantitative estimate of drug-likeness (QED) is 0.374. The standard InChI is InChI=1S/C18H35NO3.Na.H/c1-4-5-6-7-8-9-10-11-12-13-17(20)19-16(18(21)22)14-15(2)3;;/h15-16H,4-14H2,1-3H3,(H,19,20)(H,21,22);;/q;+1;-1/t16-;;/m0../s1. The summed E-state index contributed by atoms with van der Waals surface area (Å²) in [4.78, 5) is 22.9. The van der Waals surface area contributed by atoms with Crippen LogP contribution in [0.5, 0.6) is 0 Å². The number of carbonyl (C=O) groups excluding carboxylic acids is 1. The summed E-state index contributed by atoms with van der Waals surface area (Å²) in [7, 11) is 0. The number of carboxylic acids is 1. The van der Waals surface area contributed by atoms with E-state index in [0.29, 0.717) is 12.8 Å². The van der Waals surface area contributed by atoms with E-state index >= 15 is 0 Å². The van der Waals surface area contributed by atoms with Crippen LogP contribution in [0, 0.1) is 5.92 Å². The number of hydrogen-bond acceptors (Lipinski definition) is 2. The third kappa shape index (κ3) is 16.6. The molecular formula is C18H36NNaO3. The Hall–Kier alpha value is -0.0600. The molecular weight excluding hydrogens is 301 g/mol. The van der Waals surface area contributed by atoms with Crippen LogP contribution in [0.15, 0.2) is 0 Å². The van der Waals surface area contributed by atoms with Crippen LogP contribution < -0.4 is 34.9 Å². The van der Waals surface area contributed by atoms with Crippen molar-refractivity contribution < 1.29 is 45.7 Å². The zero-order valence-corrected chi connectivity index (χ0v) is 17.7. The van der Waals surface area contributed by atoms with Gasteiger partial charge in [0.1, 0.15) is 6.04 Å². The van der Waals surface area contributed by atoms with Gasteiger partial charge in [0.15, 0.2) is 0 Å². The average molecular weight is 337 g/mol. The maximum atomic E-state index is 11.8. The summed E-state index contributed by atoms with van der Waals surface area (Å²) in [6.45, 7) is 6.15. The zero-order chi connectivity index (χ0) is 16.8. The number of amides is 1. The largest absolute Gasteiger partial charge is 1.00 e. The van der Waals surface area contributed by atoms with E-state index in [-0.39, 0.29) is 42.8 Å². The first-order valence-electron chi connectivity index (χ1n) is 8.99. The van der Waals surface area contributed by atoms with Gasteiger partial charge in [-0.3, -0.25) is 4.79 Å². The van der Waals surface area contributed by atoms with Crippen LogP contribution >= 0.6 is 0 Å². The van der Waals surface area contributed by atoms with Crippen molar-refractivity contribution in [3.05, 3.63) is 0 Å². The number of carbonyl (C=O) groups is 2. The van der Waals surface area contributed by atoms with E-state index in [1.807, 2.05) is 13.8 Å². The minimum absolute atomic E-state index is 0. The molecule has 0 heterocycles. The molecule has 0 saturated heterocycles. The van der Waals surface area contributed by atoms with Crippen molar-refractivity contribution in [3.63, 3.8) is 0 Å². The van der Waals surface area contributed by atoms with Gasteiger partial charge in [0, 0.05) is 6.42 Å². The second kappa shape index (κ2) is 16.8. The van der Waals surface area contributed by atoms with Crippen LogP contribution in [-0.2, 0) is 9.59 Å². The minimum atomic E-state index is -0.936. The Bertz CT molecular complexity index is 315. The average Bonchev–Trinajstić information content (AvgIpc) is 2.44. The van der Waals surface area contributed by atoms with Crippen molar-refractivity contribution in [2.45, 2.75) is 97.4 Å². The molecule has 0 aromatic rings. The Kier molecular flexibility index (Phi) is 18.4. The summed E-state index contributed by atoms with van der Waals surface area (Å²) < 4.78 is 0. The number of nitrogens with one attached hydrogen (secondary N) is 1. The van der Waals surface area contributed by atoms with Crippen molar-refractivity contribution in [2.24, 2.45) is 5.92 Å². The van der Waals surface area contributed by atoms with E-state index in [2.05, 4.69) is 12.2 Å². The Morgan fingerprint density at radius 1 is 0.957 bits per heavy atom. The molecule has 0 unspecified atom stereocenters. The molecule has 0 bridgehead atoms. The molecule has 0 aromatic heterocycles. The molecule has 0 aliphatic carbocycles. The van der Waals surface area contributed by atoms with Crippen molar-refractivity contribution >= 4 is 11.9 Å². The molecule has 0 aliphatic heterocycles. The van der Waals surface area contributed by atoms with Crippen molar-refractivity contribution in [3.8, 4) is 0 Å². The number of rotatable bonds is 14. The predicted octanol–water partition coefficient (Wildman–Crippen LogP) is 1.64. The summed E-state index contributed by atoms with van der Waals surface area (Å²) >= 11 is 0. The Morgan fingerprint density at radius 2 is 1.43 bits per heavy atom. The molecule has 132 valence electrons. The molecule has 0 saturated carbocycles. The fourth-order valence-corrected chi connectivity index (χ4v) is 2.56. The van der Waals surface area contributed by atoms with Crippen LogP contribution in [0.4, 0.5) is 0 Å². The second-order valence-electron chi connectivity index (χ2n) is 6.67. The SMILES string of the molecule is CCCCCCCCCCCC(=O)N[C@@H](CC(C)C)C(=O)O.[H-].[Na+]. The van der Waals surface area contributed by atoms with Gasteiger partial charge in [-0.15, -0.1) is 0 Å². The van der Waals surface area contributed by atoms with Crippen LogP contribution in [0.2, 0.25) is 0 Å². The van der Waals surface area contributed by atoms with Gasteiger partial charge in [0.2, 0.25) is 5.91 Å². The minimum Gasteiger partial charge on any atom is -1.00 e. The van der Waals surface area contributed by atoms with Gasteiger partial charge in [0.05, 0.1) is 0 Å². The molecule has 1 atom stereocenters. The van der Waals surface area contributed by atoms with Crippen molar-refractivity contribution in [1.82, 2.24) is 5.32 Å². The van der Waals surface area contributed by atoms with Crippen molar-refractivity contribution in [1.29, 1.82) is 0 Å². The smallest absolute Gasteiger partial charge is 1.00 e. The molecule has 1 amide bonds. The first kappa shape index (κ1) is 25.2. The maximum Gasteiger partial charge on any atom is 1.00 e. The molecule has 2 N–H and O–H groups in total. The summed E-state index contributed by atoms with van der Waals surface area (Å²) in [6, 6.07) is -0.744. The molecule has 5 heteroatoms. The molecule has 0 aromatic carbocycles. The van der Waals surface area contributed by atoms with Gasteiger partial charge >= 0.3 is 35.5 Å². The van der Waals surface area contributed by atoms with E-state index in [1.165, 1.54) is 44.9 Å². The van der Waals surface area contributed by atoms with Gasteiger partial charge in [0.25, 0.3) is 0 Å². The Morgan fingerprint density at radius 3 is 1.87 bits per heavy atom. The number of unbranched alkanes of at least 4 members (excludes halogenated alkanes) is 8. The maximum absolute atomic E-state index is 11.8. The molecule has 4 nitrogen and oxygen atoms in total. The summed E-state index contributed by atoms with van der Waals surface area (Å²) in [5.41, 5.74) is 0. The Labute approximate surface area is 166 Å². The fraction of sp³-hybridized carbons (Fsp3) is 0.889. The number of aliphatic carboxylic acids is 1. The zero-order valence-electron chi connectivity index (χ0n) is 16.7. The second-order valence-corrected chi connectivity index (χ2v) is 6.67. The molecule has 0 rings (SSSR count). The number of carboxylic acid groups (broad SMARTS) is 1. The summed E-state index contributed by atoms with van der Waals surface area (Å²) in [5, 5.41) is 11.7. The third-order valence-electron chi connectivity index (χ3n) is 3.85. The van der Waals surface area contributed by atoms with Crippen LogP contribution in [0.3, 0.4) is 0 Å². The third-order valence-corrected chi connectivity index (χ3v) is 3.85. The molecule has 0 radical (unpaired) electrons. The Balaban J connectivity index is -0.00000220.